The molecule has 1 aromatic carbocycles. The van der Waals surface area contributed by atoms with Crippen LogP contribution in [0.5, 0.6) is 0 Å². The third kappa shape index (κ3) is 3.72. The van der Waals surface area contributed by atoms with Gasteiger partial charge in [-0.3, -0.25) is 0 Å². The van der Waals surface area contributed by atoms with Gasteiger partial charge in [-0.25, -0.2) is 37.1 Å². The minimum atomic E-state index is -3.67. The Kier molecular flexibility index (Phi) is 4.82. The maximum Gasteiger partial charge on any atom is 0.239 e. The lowest BCUT2D eigenvalue weighted by Gasteiger charge is -2.27. The molecule has 0 saturated heterocycles. The van der Waals surface area contributed by atoms with Crippen molar-refractivity contribution in [2.45, 2.75) is 6.04 Å². The molecule has 1 aliphatic heterocycles. The van der Waals surface area contributed by atoms with Gasteiger partial charge >= 0.3 is 0 Å². The predicted octanol–water partition coefficient (Wildman–Crippen LogP) is 2.30. The van der Waals surface area contributed by atoms with Crippen LogP contribution in [-0.4, -0.2) is 46.4 Å². The van der Waals surface area contributed by atoms with Crippen LogP contribution >= 0.6 is 15.9 Å². The summed E-state index contributed by atoms with van der Waals surface area (Å²) in [5.41, 5.74) is 7.46. The first-order valence-electron chi connectivity index (χ1n) is 8.37. The van der Waals surface area contributed by atoms with E-state index >= 15 is 0 Å². The summed E-state index contributed by atoms with van der Waals surface area (Å²) >= 11 is 3.34. The van der Waals surface area contributed by atoms with E-state index in [9.17, 15) is 12.8 Å². The molecule has 150 valence electrons. The zero-order chi connectivity index (χ0) is 20.8. The number of hydrogen-bond acceptors (Lipinski definition) is 8. The summed E-state index contributed by atoms with van der Waals surface area (Å²) in [4.78, 5) is 16.8. The second-order valence-corrected chi connectivity index (χ2v) is 9.31. The first-order valence-corrected chi connectivity index (χ1v) is 10.8. The van der Waals surface area contributed by atoms with E-state index in [0.717, 1.165) is 8.78 Å². The van der Waals surface area contributed by atoms with Gasteiger partial charge in [0, 0.05) is 29.0 Å². The van der Waals surface area contributed by atoms with E-state index in [-0.39, 0.29) is 17.3 Å². The molecule has 2 aromatic heterocycles. The highest BCUT2D eigenvalue weighted by Gasteiger charge is 2.32. The van der Waals surface area contributed by atoms with E-state index in [1.54, 1.807) is 12.3 Å². The van der Waals surface area contributed by atoms with Crippen molar-refractivity contribution in [1.82, 2.24) is 19.3 Å². The van der Waals surface area contributed by atoms with Crippen molar-refractivity contribution in [2.24, 2.45) is 10.7 Å². The van der Waals surface area contributed by atoms with Crippen molar-refractivity contribution < 1.29 is 12.8 Å². The summed E-state index contributed by atoms with van der Waals surface area (Å²) in [5.74, 6) is -0.711. The molecular weight excluding hydrogens is 465 g/mol. The zero-order valence-corrected chi connectivity index (χ0v) is 17.4. The van der Waals surface area contributed by atoms with Crippen LogP contribution in [0.4, 0.5) is 15.9 Å². The van der Waals surface area contributed by atoms with Gasteiger partial charge in [-0.2, -0.15) is 0 Å². The SMILES string of the molecule is CN1C(N)=NC(c2cc(Nc3ncnc4cc(Br)cnc34)ccc2F)CS1(=O)=O. The first kappa shape index (κ1) is 19.5. The number of nitrogens with one attached hydrogen (secondary N) is 1. The van der Waals surface area contributed by atoms with Gasteiger partial charge in [-0.15, -0.1) is 0 Å². The summed E-state index contributed by atoms with van der Waals surface area (Å²) in [6, 6.07) is 5.09. The molecule has 9 nitrogen and oxygen atoms in total. The Hall–Kier alpha value is -2.86. The summed E-state index contributed by atoms with van der Waals surface area (Å²) in [5, 5.41) is 3.08. The highest BCUT2D eigenvalue weighted by Crippen LogP contribution is 2.30. The number of guanidine groups is 1. The van der Waals surface area contributed by atoms with Gasteiger partial charge in [-0.05, 0) is 40.2 Å². The Morgan fingerprint density at radius 2 is 2.07 bits per heavy atom. The monoisotopic (exact) mass is 479 g/mol. The Morgan fingerprint density at radius 1 is 1.28 bits per heavy atom. The number of anilines is 2. The van der Waals surface area contributed by atoms with E-state index in [1.807, 2.05) is 0 Å². The van der Waals surface area contributed by atoms with Crippen LogP contribution in [0.1, 0.15) is 11.6 Å². The van der Waals surface area contributed by atoms with Crippen LogP contribution in [0, 0.1) is 5.82 Å². The number of hydrogen-bond donors (Lipinski definition) is 2. The first-order chi connectivity index (χ1) is 13.7. The van der Waals surface area contributed by atoms with E-state index in [1.165, 1.54) is 31.6 Å². The fourth-order valence-corrected chi connectivity index (χ4v) is 4.44. The van der Waals surface area contributed by atoms with Crippen molar-refractivity contribution in [2.75, 3.05) is 18.1 Å². The summed E-state index contributed by atoms with van der Waals surface area (Å²) in [6.07, 6.45) is 3.01. The largest absolute Gasteiger partial charge is 0.369 e. The Balaban J connectivity index is 1.72. The minimum absolute atomic E-state index is 0.115. The van der Waals surface area contributed by atoms with Crippen molar-refractivity contribution in [3.63, 3.8) is 0 Å². The number of nitrogens with zero attached hydrogens (tertiary/aromatic N) is 5. The molecule has 0 aliphatic carbocycles. The maximum atomic E-state index is 14.5. The van der Waals surface area contributed by atoms with Gasteiger partial charge in [0.2, 0.25) is 16.0 Å². The number of fused-ring (bicyclic) bond motifs is 1. The number of halogens is 2. The average molecular weight is 480 g/mol. The third-order valence-corrected chi connectivity index (χ3v) is 6.65. The van der Waals surface area contributed by atoms with Crippen molar-refractivity contribution in [3.05, 3.63) is 52.6 Å². The van der Waals surface area contributed by atoms with Gasteiger partial charge < -0.3 is 11.1 Å². The van der Waals surface area contributed by atoms with E-state index < -0.39 is 21.9 Å². The molecule has 0 bridgehead atoms. The molecule has 0 spiro atoms. The van der Waals surface area contributed by atoms with Crippen LogP contribution in [-0.2, 0) is 10.0 Å². The minimum Gasteiger partial charge on any atom is -0.369 e. The number of rotatable bonds is 3. The van der Waals surface area contributed by atoms with Crippen molar-refractivity contribution in [3.8, 4) is 0 Å². The standard InChI is InChI=1S/C17H15BrFN7O2S/c1-26-17(20)25-14(7-29(26,27)28)11-5-10(2-3-12(11)19)24-16-15-13(22-8-23-16)4-9(18)6-21-15/h2-6,8,14H,7H2,1H3,(H2,20,25)(H,22,23,24). The fourth-order valence-electron chi connectivity index (χ4n) is 2.92. The van der Waals surface area contributed by atoms with Crippen LogP contribution in [0.25, 0.3) is 11.0 Å². The Morgan fingerprint density at radius 3 is 2.83 bits per heavy atom. The molecule has 3 N–H and O–H groups in total. The second-order valence-electron chi connectivity index (χ2n) is 6.35. The fraction of sp³-hybridized carbons (Fsp3) is 0.176. The lowest BCUT2D eigenvalue weighted by Crippen LogP contribution is -2.45. The van der Waals surface area contributed by atoms with Crippen LogP contribution in [0.2, 0.25) is 0 Å². The number of aromatic nitrogens is 3. The maximum absolute atomic E-state index is 14.5. The van der Waals surface area contributed by atoms with Crippen LogP contribution in [0.3, 0.4) is 0 Å². The molecule has 0 saturated carbocycles. The Labute approximate surface area is 174 Å². The summed E-state index contributed by atoms with van der Waals surface area (Å²) < 4.78 is 40.6. The average Bonchev–Trinajstić information content (AvgIpc) is 2.67. The van der Waals surface area contributed by atoms with Gasteiger partial charge in [0.25, 0.3) is 0 Å². The molecule has 1 unspecified atom stereocenters. The molecule has 1 atom stereocenters. The summed E-state index contributed by atoms with van der Waals surface area (Å²) in [7, 11) is -2.36. The smallest absolute Gasteiger partial charge is 0.239 e. The number of aliphatic imine (C=N–C) groups is 1. The van der Waals surface area contributed by atoms with Gasteiger partial charge in [0.1, 0.15) is 17.7 Å². The Bertz CT molecular complexity index is 1250. The highest BCUT2D eigenvalue weighted by molar-refractivity contribution is 9.10. The molecule has 4 rings (SSSR count). The van der Waals surface area contributed by atoms with E-state index in [4.69, 9.17) is 5.73 Å². The van der Waals surface area contributed by atoms with E-state index in [2.05, 4.69) is 41.2 Å². The molecule has 29 heavy (non-hydrogen) atoms. The van der Waals surface area contributed by atoms with Crippen LogP contribution < -0.4 is 11.1 Å². The summed E-state index contributed by atoms with van der Waals surface area (Å²) in [6.45, 7) is 0. The number of nitrogens with two attached hydrogens (primary N) is 1. The predicted molar refractivity (Wildman–Crippen MR) is 111 cm³/mol. The number of pyridine rings is 1. The molecule has 3 heterocycles. The normalized spacial score (nSPS) is 18.5. The number of sulfonamides is 1. The van der Waals surface area contributed by atoms with Crippen molar-refractivity contribution in [1.29, 1.82) is 0 Å². The van der Waals surface area contributed by atoms with Gasteiger partial charge in [0.15, 0.2) is 5.82 Å². The van der Waals surface area contributed by atoms with Crippen LogP contribution in [0.15, 0.2) is 46.3 Å². The second kappa shape index (κ2) is 7.19. The topological polar surface area (TPSA) is 126 Å². The zero-order valence-electron chi connectivity index (χ0n) is 15.0. The molecular formula is C17H15BrFN7O2S. The van der Waals surface area contributed by atoms with Gasteiger partial charge in [0.05, 0.1) is 17.3 Å². The highest BCUT2D eigenvalue weighted by atomic mass is 79.9. The quantitative estimate of drug-likeness (QED) is 0.589. The van der Waals surface area contributed by atoms with Gasteiger partial charge in [-0.1, -0.05) is 0 Å². The number of benzene rings is 1. The molecule has 12 heteroatoms. The molecule has 3 aromatic rings. The molecule has 0 fully saturated rings. The molecule has 1 aliphatic rings. The van der Waals surface area contributed by atoms with E-state index in [0.29, 0.717) is 22.5 Å². The molecule has 0 amide bonds. The van der Waals surface area contributed by atoms with Crippen molar-refractivity contribution >= 4 is 54.5 Å². The third-order valence-electron chi connectivity index (χ3n) is 4.46. The molecule has 0 radical (unpaired) electrons. The lowest BCUT2D eigenvalue weighted by molar-refractivity contribution is 0.525. The lowest BCUT2D eigenvalue weighted by atomic mass is 10.1.